The van der Waals surface area contributed by atoms with Crippen LogP contribution >= 0.6 is 0 Å². The van der Waals surface area contributed by atoms with Crippen molar-refractivity contribution in [2.24, 2.45) is 0 Å². The number of carbonyl (C=O) groups excluding carboxylic acids is 3. The molecule has 0 rings (SSSR count). The molecule has 0 aliphatic heterocycles. The van der Waals surface area contributed by atoms with Crippen LogP contribution in [0.1, 0.15) is 19.8 Å². The molecule has 0 heterocycles. The van der Waals surface area contributed by atoms with Gasteiger partial charge in [-0.3, -0.25) is 9.59 Å². The van der Waals surface area contributed by atoms with Crippen LogP contribution in [0.2, 0.25) is 0 Å². The third-order valence-electron chi connectivity index (χ3n) is 2.70. The first kappa shape index (κ1) is 19.2. The third-order valence-corrected chi connectivity index (χ3v) is 2.70. The predicted molar refractivity (Wildman–Crippen MR) is 74.3 cm³/mol. The van der Waals surface area contributed by atoms with E-state index in [0.717, 1.165) is 0 Å². The van der Waals surface area contributed by atoms with Crippen molar-refractivity contribution in [3.05, 3.63) is 0 Å². The lowest BCUT2D eigenvalue weighted by Gasteiger charge is -2.19. The summed E-state index contributed by atoms with van der Waals surface area (Å²) in [7, 11) is 2.84. The number of ketones is 1. The summed E-state index contributed by atoms with van der Waals surface area (Å²) in [6.45, 7) is 1.83. The van der Waals surface area contributed by atoms with Crippen molar-refractivity contribution in [2.75, 3.05) is 27.4 Å². The summed E-state index contributed by atoms with van der Waals surface area (Å²) >= 11 is 0. The Hall–Kier alpha value is -1.80. The SMILES string of the molecule is COCCOC(=O)[C@H](CCC(=O)C=N)NC(=O)[C@@H](C)OC. The fraction of sp³-hybridized carbons (Fsp3) is 0.692. The number of rotatable bonds is 11. The average Bonchev–Trinajstić information content (AvgIpc) is 2.49. The Kier molecular flexibility index (Phi) is 9.99. The quantitative estimate of drug-likeness (QED) is 0.307. The zero-order chi connectivity index (χ0) is 16.3. The number of hydrogen-bond acceptors (Lipinski definition) is 7. The highest BCUT2D eigenvalue weighted by atomic mass is 16.6. The molecule has 0 aromatic rings. The predicted octanol–water partition coefficient (Wildman–Crippen LogP) is -0.305. The standard InChI is InChI=1S/C13H22N2O6/c1-9(20-3)12(17)15-11(5-4-10(16)8-14)13(18)21-7-6-19-2/h8-9,11,14H,4-7H2,1-3H3,(H,15,17)/t9-,11+/m1/s1. The minimum atomic E-state index is -0.962. The van der Waals surface area contributed by atoms with E-state index < -0.39 is 29.8 Å². The molecule has 0 aromatic carbocycles. The van der Waals surface area contributed by atoms with E-state index in [1.807, 2.05) is 0 Å². The minimum absolute atomic E-state index is 0.0326. The fourth-order valence-corrected chi connectivity index (χ4v) is 1.33. The normalized spacial score (nSPS) is 13.1. The third kappa shape index (κ3) is 8.16. The van der Waals surface area contributed by atoms with Gasteiger partial charge in [-0.05, 0) is 13.3 Å². The Balaban J connectivity index is 4.59. The molecule has 8 heteroatoms. The first-order valence-corrected chi connectivity index (χ1v) is 6.48. The van der Waals surface area contributed by atoms with Gasteiger partial charge in [-0.25, -0.2) is 4.79 Å². The zero-order valence-electron chi connectivity index (χ0n) is 12.5. The Morgan fingerprint density at radius 2 is 1.90 bits per heavy atom. The maximum absolute atomic E-state index is 11.9. The molecule has 21 heavy (non-hydrogen) atoms. The summed E-state index contributed by atoms with van der Waals surface area (Å²) in [5, 5.41) is 9.29. The van der Waals surface area contributed by atoms with Gasteiger partial charge < -0.3 is 24.9 Å². The highest BCUT2D eigenvalue weighted by molar-refractivity contribution is 6.26. The van der Waals surface area contributed by atoms with Gasteiger partial charge in [0.1, 0.15) is 18.8 Å². The number of amides is 1. The maximum atomic E-state index is 11.9. The summed E-state index contributed by atoms with van der Waals surface area (Å²) in [4.78, 5) is 34.7. The monoisotopic (exact) mass is 302 g/mol. The highest BCUT2D eigenvalue weighted by Gasteiger charge is 2.25. The Morgan fingerprint density at radius 1 is 1.24 bits per heavy atom. The molecule has 8 nitrogen and oxygen atoms in total. The minimum Gasteiger partial charge on any atom is -0.462 e. The van der Waals surface area contributed by atoms with Gasteiger partial charge in [-0.15, -0.1) is 0 Å². The van der Waals surface area contributed by atoms with Gasteiger partial charge in [0, 0.05) is 20.6 Å². The van der Waals surface area contributed by atoms with Crippen LogP contribution in [-0.4, -0.2) is 63.5 Å². The fourth-order valence-electron chi connectivity index (χ4n) is 1.33. The van der Waals surface area contributed by atoms with Crippen LogP contribution < -0.4 is 5.32 Å². The molecule has 2 N–H and O–H groups in total. The molecule has 2 atom stereocenters. The molecular weight excluding hydrogens is 280 g/mol. The van der Waals surface area contributed by atoms with E-state index >= 15 is 0 Å². The van der Waals surface area contributed by atoms with Gasteiger partial charge in [0.05, 0.1) is 12.8 Å². The number of nitrogens with one attached hydrogen (secondary N) is 2. The maximum Gasteiger partial charge on any atom is 0.328 e. The Bertz CT molecular complexity index is 372. The second kappa shape index (κ2) is 10.9. The van der Waals surface area contributed by atoms with Crippen molar-refractivity contribution in [3.63, 3.8) is 0 Å². The van der Waals surface area contributed by atoms with E-state index in [1.165, 1.54) is 21.1 Å². The molecule has 0 aliphatic carbocycles. The van der Waals surface area contributed by atoms with Crippen molar-refractivity contribution >= 4 is 23.9 Å². The van der Waals surface area contributed by atoms with E-state index in [4.69, 9.17) is 19.6 Å². The van der Waals surface area contributed by atoms with Crippen LogP contribution in [0, 0.1) is 5.41 Å². The molecule has 0 aliphatic rings. The molecule has 0 saturated heterocycles. The number of esters is 1. The van der Waals surface area contributed by atoms with Gasteiger partial charge in [-0.2, -0.15) is 0 Å². The Morgan fingerprint density at radius 3 is 2.43 bits per heavy atom. The van der Waals surface area contributed by atoms with Gasteiger partial charge in [-0.1, -0.05) is 0 Å². The van der Waals surface area contributed by atoms with Crippen LogP contribution in [0.4, 0.5) is 0 Å². The van der Waals surface area contributed by atoms with E-state index in [0.29, 0.717) is 6.21 Å². The van der Waals surface area contributed by atoms with Crippen LogP contribution in [-0.2, 0) is 28.6 Å². The van der Waals surface area contributed by atoms with Crippen LogP contribution in [0.25, 0.3) is 0 Å². The summed E-state index contributed by atoms with van der Waals surface area (Å²) in [5.41, 5.74) is 0. The number of carbonyl (C=O) groups is 3. The lowest BCUT2D eigenvalue weighted by atomic mass is 10.1. The highest BCUT2D eigenvalue weighted by Crippen LogP contribution is 2.02. The summed E-state index contributed by atoms with van der Waals surface area (Å²) in [5.74, 6) is -1.56. The molecule has 0 aromatic heterocycles. The smallest absolute Gasteiger partial charge is 0.328 e. The largest absolute Gasteiger partial charge is 0.462 e. The zero-order valence-corrected chi connectivity index (χ0v) is 12.5. The van der Waals surface area contributed by atoms with E-state index in [1.54, 1.807) is 0 Å². The first-order valence-electron chi connectivity index (χ1n) is 6.48. The van der Waals surface area contributed by atoms with Gasteiger partial charge in [0.15, 0.2) is 5.78 Å². The van der Waals surface area contributed by atoms with Crippen LogP contribution in [0.3, 0.4) is 0 Å². The molecule has 0 fully saturated rings. The molecular formula is C13H22N2O6. The van der Waals surface area contributed by atoms with Crippen molar-refractivity contribution in [1.82, 2.24) is 5.32 Å². The number of methoxy groups -OCH3 is 2. The lowest BCUT2D eigenvalue weighted by molar-refractivity contribution is -0.150. The summed E-state index contributed by atoms with van der Waals surface area (Å²) in [6, 6.07) is -0.962. The second-order valence-corrected chi connectivity index (χ2v) is 4.25. The van der Waals surface area contributed by atoms with Crippen molar-refractivity contribution in [3.8, 4) is 0 Å². The van der Waals surface area contributed by atoms with Gasteiger partial charge >= 0.3 is 5.97 Å². The average molecular weight is 302 g/mol. The molecule has 0 saturated carbocycles. The van der Waals surface area contributed by atoms with E-state index in [2.05, 4.69) is 5.32 Å². The van der Waals surface area contributed by atoms with Gasteiger partial charge in [0.2, 0.25) is 5.91 Å². The second-order valence-electron chi connectivity index (χ2n) is 4.25. The van der Waals surface area contributed by atoms with Gasteiger partial charge in [0.25, 0.3) is 0 Å². The molecule has 120 valence electrons. The van der Waals surface area contributed by atoms with Crippen molar-refractivity contribution in [2.45, 2.75) is 31.9 Å². The first-order chi connectivity index (χ1) is 9.96. The molecule has 1 amide bonds. The van der Waals surface area contributed by atoms with Crippen LogP contribution in [0.15, 0.2) is 0 Å². The molecule has 0 radical (unpaired) electrons. The summed E-state index contributed by atoms with van der Waals surface area (Å²) in [6.07, 6.45) is -0.0256. The number of ether oxygens (including phenoxy) is 3. The molecule has 0 spiro atoms. The topological polar surface area (TPSA) is 115 Å². The number of hydrogen-bond donors (Lipinski definition) is 2. The molecule has 0 unspecified atom stereocenters. The van der Waals surface area contributed by atoms with Crippen LogP contribution in [0.5, 0.6) is 0 Å². The van der Waals surface area contributed by atoms with Crippen molar-refractivity contribution < 1.29 is 28.6 Å². The van der Waals surface area contributed by atoms with E-state index in [9.17, 15) is 14.4 Å². The lowest BCUT2D eigenvalue weighted by Crippen LogP contribution is -2.46. The van der Waals surface area contributed by atoms with Crippen molar-refractivity contribution in [1.29, 1.82) is 5.41 Å². The van der Waals surface area contributed by atoms with E-state index in [-0.39, 0.29) is 26.1 Å². The number of Topliss-reactive ketones (excluding diaryl/α,β-unsaturated/α-hetero) is 1. The molecule has 0 bridgehead atoms. The Labute approximate surface area is 123 Å². The summed E-state index contributed by atoms with van der Waals surface area (Å²) < 4.78 is 14.5.